The van der Waals surface area contributed by atoms with E-state index in [1.54, 1.807) is 12.1 Å². The molecule has 0 saturated carbocycles. The molecule has 3 heteroatoms. The average molecular weight is 230 g/mol. The maximum absolute atomic E-state index is 13.5. The van der Waals surface area contributed by atoms with Gasteiger partial charge in [-0.1, -0.05) is 31.5 Å². The zero-order chi connectivity index (χ0) is 11.4. The van der Waals surface area contributed by atoms with Crippen molar-refractivity contribution in [1.82, 2.24) is 0 Å². The van der Waals surface area contributed by atoms with E-state index in [4.69, 9.17) is 17.3 Å². The molecule has 0 aliphatic heterocycles. The Hall–Kier alpha value is -0.600. The van der Waals surface area contributed by atoms with Gasteiger partial charge in [-0.3, -0.25) is 0 Å². The normalized spacial score (nSPS) is 15.0. The molecule has 1 aromatic carbocycles. The predicted molar refractivity (Wildman–Crippen MR) is 62.5 cm³/mol. The van der Waals surface area contributed by atoms with E-state index in [9.17, 15) is 4.39 Å². The van der Waals surface area contributed by atoms with Crippen LogP contribution < -0.4 is 5.73 Å². The summed E-state index contributed by atoms with van der Waals surface area (Å²) < 4.78 is 13.5. The molecule has 15 heavy (non-hydrogen) atoms. The standard InChI is InChI=1S/C12H17ClFN/c1-8(9(2)7-15)6-10-11(13)4-3-5-12(10)14/h3-5,8-9H,6-7,15H2,1-2H3. The third kappa shape index (κ3) is 3.18. The van der Waals surface area contributed by atoms with Crippen LogP contribution in [-0.4, -0.2) is 6.54 Å². The molecule has 1 nitrogen and oxygen atoms in total. The molecule has 0 radical (unpaired) electrons. The van der Waals surface area contributed by atoms with Crippen LogP contribution in [0.15, 0.2) is 18.2 Å². The summed E-state index contributed by atoms with van der Waals surface area (Å²) in [5.74, 6) is 0.489. The lowest BCUT2D eigenvalue weighted by molar-refractivity contribution is 0.389. The number of nitrogens with two attached hydrogens (primary N) is 1. The van der Waals surface area contributed by atoms with Crippen LogP contribution in [0.1, 0.15) is 19.4 Å². The van der Waals surface area contributed by atoms with E-state index in [0.717, 1.165) is 0 Å². The van der Waals surface area contributed by atoms with Crippen molar-refractivity contribution in [1.29, 1.82) is 0 Å². The fourth-order valence-electron chi connectivity index (χ4n) is 1.48. The molecule has 0 fully saturated rings. The molecular formula is C12H17ClFN. The first-order chi connectivity index (χ1) is 7.06. The van der Waals surface area contributed by atoms with Crippen molar-refractivity contribution >= 4 is 11.6 Å². The average Bonchev–Trinajstić information content (AvgIpc) is 2.22. The Balaban J connectivity index is 2.80. The van der Waals surface area contributed by atoms with Gasteiger partial charge in [0.25, 0.3) is 0 Å². The highest BCUT2D eigenvalue weighted by Gasteiger charge is 2.15. The molecule has 84 valence electrons. The summed E-state index contributed by atoms with van der Waals surface area (Å²) >= 11 is 5.95. The minimum Gasteiger partial charge on any atom is -0.330 e. The molecule has 0 saturated heterocycles. The lowest BCUT2D eigenvalue weighted by Crippen LogP contribution is -2.20. The molecule has 0 aliphatic carbocycles. The fourth-order valence-corrected chi connectivity index (χ4v) is 1.72. The van der Waals surface area contributed by atoms with Crippen LogP contribution in [0.3, 0.4) is 0 Å². The van der Waals surface area contributed by atoms with Crippen molar-refractivity contribution in [2.45, 2.75) is 20.3 Å². The van der Waals surface area contributed by atoms with Crippen molar-refractivity contribution in [3.8, 4) is 0 Å². The van der Waals surface area contributed by atoms with Crippen LogP contribution in [0.25, 0.3) is 0 Å². The second kappa shape index (κ2) is 5.47. The topological polar surface area (TPSA) is 26.0 Å². The van der Waals surface area contributed by atoms with Gasteiger partial charge in [-0.15, -0.1) is 0 Å². The summed E-state index contributed by atoms with van der Waals surface area (Å²) in [6.07, 6.45) is 0.643. The van der Waals surface area contributed by atoms with Crippen molar-refractivity contribution in [2.75, 3.05) is 6.54 Å². The Morgan fingerprint density at radius 1 is 1.33 bits per heavy atom. The number of hydrogen-bond acceptors (Lipinski definition) is 1. The maximum atomic E-state index is 13.5. The Labute approximate surface area is 95.4 Å². The third-order valence-electron chi connectivity index (χ3n) is 2.93. The lowest BCUT2D eigenvalue weighted by Gasteiger charge is -2.18. The van der Waals surface area contributed by atoms with Gasteiger partial charge in [0.15, 0.2) is 0 Å². The van der Waals surface area contributed by atoms with Gasteiger partial charge < -0.3 is 5.73 Å². The molecular weight excluding hydrogens is 213 g/mol. The van der Waals surface area contributed by atoms with Gasteiger partial charge in [0.1, 0.15) is 5.82 Å². The number of halogens is 2. The molecule has 0 amide bonds. The number of rotatable bonds is 4. The Kier molecular flexibility index (Phi) is 4.55. The molecule has 2 unspecified atom stereocenters. The van der Waals surface area contributed by atoms with E-state index < -0.39 is 0 Å². The van der Waals surface area contributed by atoms with Crippen molar-refractivity contribution in [3.05, 3.63) is 34.6 Å². The summed E-state index contributed by atoms with van der Waals surface area (Å²) in [5, 5.41) is 0.506. The molecule has 0 aliphatic rings. The van der Waals surface area contributed by atoms with E-state index >= 15 is 0 Å². The second-order valence-electron chi connectivity index (χ2n) is 4.09. The molecule has 2 atom stereocenters. The van der Waals surface area contributed by atoms with Crippen LogP contribution in [0.5, 0.6) is 0 Å². The summed E-state index contributed by atoms with van der Waals surface area (Å²) in [6.45, 7) is 4.76. The molecule has 0 spiro atoms. The quantitative estimate of drug-likeness (QED) is 0.843. The summed E-state index contributed by atoms with van der Waals surface area (Å²) in [7, 11) is 0. The minimum absolute atomic E-state index is 0.224. The van der Waals surface area contributed by atoms with Crippen LogP contribution in [0.4, 0.5) is 4.39 Å². The van der Waals surface area contributed by atoms with Crippen molar-refractivity contribution < 1.29 is 4.39 Å². The van der Waals surface area contributed by atoms with Gasteiger partial charge in [-0.05, 0) is 36.9 Å². The van der Waals surface area contributed by atoms with Gasteiger partial charge in [-0.2, -0.15) is 0 Å². The second-order valence-corrected chi connectivity index (χ2v) is 4.50. The highest BCUT2D eigenvalue weighted by atomic mass is 35.5. The highest BCUT2D eigenvalue weighted by Crippen LogP contribution is 2.24. The smallest absolute Gasteiger partial charge is 0.127 e. The van der Waals surface area contributed by atoms with Gasteiger partial charge in [0.2, 0.25) is 0 Å². The fraction of sp³-hybridized carbons (Fsp3) is 0.500. The monoisotopic (exact) mass is 229 g/mol. The Bertz CT molecular complexity index is 307. The van der Waals surface area contributed by atoms with E-state index in [1.165, 1.54) is 6.07 Å². The Morgan fingerprint density at radius 3 is 2.53 bits per heavy atom. The minimum atomic E-state index is -0.224. The SMILES string of the molecule is CC(CN)C(C)Cc1c(F)cccc1Cl. The summed E-state index contributed by atoms with van der Waals surface area (Å²) in [5.41, 5.74) is 6.18. The number of hydrogen-bond donors (Lipinski definition) is 1. The first-order valence-corrected chi connectivity index (χ1v) is 5.57. The molecule has 0 aromatic heterocycles. The van der Waals surface area contributed by atoms with E-state index in [-0.39, 0.29) is 5.82 Å². The van der Waals surface area contributed by atoms with E-state index in [1.807, 2.05) is 0 Å². The lowest BCUT2D eigenvalue weighted by atomic mass is 9.89. The maximum Gasteiger partial charge on any atom is 0.127 e. The number of benzene rings is 1. The summed E-state index contributed by atoms with van der Waals surface area (Å²) in [6, 6.07) is 4.79. The molecule has 1 rings (SSSR count). The highest BCUT2D eigenvalue weighted by molar-refractivity contribution is 6.31. The van der Waals surface area contributed by atoms with Gasteiger partial charge in [0, 0.05) is 10.6 Å². The van der Waals surface area contributed by atoms with Crippen LogP contribution in [0, 0.1) is 17.7 Å². The van der Waals surface area contributed by atoms with Crippen LogP contribution in [-0.2, 0) is 6.42 Å². The van der Waals surface area contributed by atoms with E-state index in [0.29, 0.717) is 35.4 Å². The van der Waals surface area contributed by atoms with Crippen LogP contribution in [0.2, 0.25) is 5.02 Å². The Morgan fingerprint density at radius 2 is 2.00 bits per heavy atom. The first kappa shape index (κ1) is 12.5. The zero-order valence-corrected chi connectivity index (χ0v) is 9.89. The largest absolute Gasteiger partial charge is 0.330 e. The van der Waals surface area contributed by atoms with Gasteiger partial charge in [-0.25, -0.2) is 4.39 Å². The van der Waals surface area contributed by atoms with Gasteiger partial charge in [0.05, 0.1) is 0 Å². The molecule has 2 N–H and O–H groups in total. The van der Waals surface area contributed by atoms with E-state index in [2.05, 4.69) is 13.8 Å². The molecule has 0 heterocycles. The third-order valence-corrected chi connectivity index (χ3v) is 3.29. The van der Waals surface area contributed by atoms with Gasteiger partial charge >= 0.3 is 0 Å². The van der Waals surface area contributed by atoms with Crippen molar-refractivity contribution in [2.24, 2.45) is 17.6 Å². The zero-order valence-electron chi connectivity index (χ0n) is 9.13. The van der Waals surface area contributed by atoms with Crippen LogP contribution >= 0.6 is 11.6 Å². The van der Waals surface area contributed by atoms with Crippen molar-refractivity contribution in [3.63, 3.8) is 0 Å². The molecule has 1 aromatic rings. The predicted octanol–water partition coefficient (Wildman–Crippen LogP) is 3.25. The summed E-state index contributed by atoms with van der Waals surface area (Å²) in [4.78, 5) is 0. The first-order valence-electron chi connectivity index (χ1n) is 5.19. The molecule has 0 bridgehead atoms.